The molecule has 0 saturated carbocycles. The SMILES string of the molecule is CCCCCCC(C)NS(=O)(=O)c1ccccc1-c1c2ccc(=Nc3c(C)cc(C)c(NC(=O)CC(C)(C)C)c3C)cc-2oc2cc(Nc3c(C)cc(C)c(NC(=O)CC(C)(C)C)c3C)c(C)cc12. The monoisotopic (exact) mass is 954 g/mol. The number of rotatable bonds is 16. The molecule has 0 fully saturated rings. The van der Waals surface area contributed by atoms with E-state index in [4.69, 9.17) is 9.41 Å². The molecule has 10 nitrogen and oxygen atoms in total. The molecule has 0 radical (unpaired) electrons. The van der Waals surface area contributed by atoms with Crippen LogP contribution >= 0.6 is 0 Å². The zero-order chi connectivity index (χ0) is 50.7. The number of sulfonamides is 1. The summed E-state index contributed by atoms with van der Waals surface area (Å²) >= 11 is 0. The molecule has 0 spiro atoms. The first-order valence-electron chi connectivity index (χ1n) is 24.5. The van der Waals surface area contributed by atoms with Crippen molar-refractivity contribution in [3.63, 3.8) is 0 Å². The second-order valence-corrected chi connectivity index (χ2v) is 23.4. The van der Waals surface area contributed by atoms with Crippen LogP contribution in [-0.4, -0.2) is 26.3 Å². The number of nitrogens with zero attached hydrogens (tertiary/aromatic N) is 1. The van der Waals surface area contributed by atoms with Gasteiger partial charge < -0.3 is 20.4 Å². The number of hydrogen-bond donors (Lipinski definition) is 4. The second kappa shape index (κ2) is 21.1. The van der Waals surface area contributed by atoms with E-state index in [0.29, 0.717) is 35.1 Å². The van der Waals surface area contributed by atoms with Gasteiger partial charge in [0.2, 0.25) is 21.8 Å². The normalized spacial score (nSPS) is 13.0. The van der Waals surface area contributed by atoms with Crippen molar-refractivity contribution in [3.8, 4) is 22.5 Å². The average Bonchev–Trinajstić information content (AvgIpc) is 3.23. The lowest BCUT2D eigenvalue weighted by Gasteiger charge is -2.23. The summed E-state index contributed by atoms with van der Waals surface area (Å²) in [5.74, 6) is 0.432. The molecule has 1 heterocycles. The highest BCUT2D eigenvalue weighted by Gasteiger charge is 2.27. The van der Waals surface area contributed by atoms with E-state index < -0.39 is 10.0 Å². The van der Waals surface area contributed by atoms with E-state index in [-0.39, 0.29) is 33.6 Å². The first kappa shape index (κ1) is 52.6. The lowest BCUT2D eigenvalue weighted by Crippen LogP contribution is -2.32. The third kappa shape index (κ3) is 12.7. The van der Waals surface area contributed by atoms with Crippen molar-refractivity contribution in [2.45, 2.75) is 160 Å². The summed E-state index contributed by atoms with van der Waals surface area (Å²) < 4.78 is 38.8. The van der Waals surface area contributed by atoms with Crippen LogP contribution in [0.3, 0.4) is 0 Å². The highest BCUT2D eigenvalue weighted by Crippen LogP contribution is 2.45. The molecule has 6 rings (SSSR count). The Bertz CT molecular complexity index is 3060. The maximum atomic E-state index is 14.5. The molecule has 1 atom stereocenters. The van der Waals surface area contributed by atoms with Gasteiger partial charge in [0.1, 0.15) is 11.3 Å². The van der Waals surface area contributed by atoms with Crippen molar-refractivity contribution in [1.82, 2.24) is 4.72 Å². The van der Waals surface area contributed by atoms with Gasteiger partial charge in [-0.05, 0) is 136 Å². The van der Waals surface area contributed by atoms with Crippen LogP contribution in [0.1, 0.15) is 139 Å². The fraction of sp³-hybridized carbons (Fsp3) is 0.431. The number of hydrogen-bond acceptors (Lipinski definition) is 7. The molecular weight excluding hydrogens is 879 g/mol. The molecule has 69 heavy (non-hydrogen) atoms. The van der Waals surface area contributed by atoms with Crippen molar-refractivity contribution in [3.05, 3.63) is 111 Å². The van der Waals surface area contributed by atoms with Gasteiger partial charge >= 0.3 is 0 Å². The Morgan fingerprint density at radius 2 is 1.26 bits per heavy atom. The van der Waals surface area contributed by atoms with Gasteiger partial charge in [-0.1, -0.05) is 104 Å². The standard InChI is InChI=1S/C58H75N5O5S/c1-16-17-18-19-22-39(7)63-69(66,67)49-24-21-20-23-44(49)52-43-26-25-42(59-53-35(3)27-37(5)55(40(53)8)61-50(64)32-57(10,11)12)30-47(43)68-48-31-46(34(2)29-45(48)52)60-54-36(4)28-38(6)56(41(54)9)62-51(65)33-58(13,14)15/h20-21,23-31,39,60,63H,16-19,22,32-33H2,1-15H3,(H,61,64)(H,62,65). The van der Waals surface area contributed by atoms with Crippen molar-refractivity contribution >= 4 is 61.2 Å². The van der Waals surface area contributed by atoms with Gasteiger partial charge in [-0.2, -0.15) is 0 Å². The number of carbonyl (C=O) groups is 2. The number of benzene rings is 5. The first-order valence-corrected chi connectivity index (χ1v) is 26.0. The maximum Gasteiger partial charge on any atom is 0.241 e. The van der Waals surface area contributed by atoms with Crippen LogP contribution in [-0.2, 0) is 19.6 Å². The molecule has 0 bridgehead atoms. The van der Waals surface area contributed by atoms with E-state index in [9.17, 15) is 18.0 Å². The number of unbranched alkanes of at least 4 members (excludes halogenated alkanes) is 3. The Kier molecular flexibility index (Phi) is 16.1. The molecule has 0 aromatic heterocycles. The van der Waals surface area contributed by atoms with Gasteiger partial charge in [0, 0.05) is 75.8 Å². The summed E-state index contributed by atoms with van der Waals surface area (Å²) in [5, 5.41) is 11.5. The fourth-order valence-electron chi connectivity index (χ4n) is 9.40. The summed E-state index contributed by atoms with van der Waals surface area (Å²) in [7, 11) is -3.97. The molecule has 11 heteroatoms. The third-order valence-electron chi connectivity index (χ3n) is 12.7. The molecule has 4 N–H and O–H groups in total. The third-order valence-corrected chi connectivity index (χ3v) is 14.3. The van der Waals surface area contributed by atoms with E-state index in [0.717, 1.165) is 116 Å². The molecule has 1 aliphatic carbocycles. The smallest absolute Gasteiger partial charge is 0.241 e. The summed E-state index contributed by atoms with van der Waals surface area (Å²) in [6.45, 7) is 30.5. The quantitative estimate of drug-likeness (QED) is 0.0562. The van der Waals surface area contributed by atoms with E-state index >= 15 is 0 Å². The highest BCUT2D eigenvalue weighted by molar-refractivity contribution is 7.89. The van der Waals surface area contributed by atoms with E-state index in [2.05, 4.69) is 67.4 Å². The maximum absolute atomic E-state index is 14.5. The number of nitrogens with one attached hydrogen (secondary N) is 4. The van der Waals surface area contributed by atoms with Gasteiger partial charge in [-0.25, -0.2) is 18.1 Å². The largest absolute Gasteiger partial charge is 0.456 e. The summed E-state index contributed by atoms with van der Waals surface area (Å²) in [6, 6.07) is 20.9. The topological polar surface area (TPSA) is 142 Å². The number of carbonyl (C=O) groups excluding carboxylic acids is 2. The van der Waals surface area contributed by atoms with Crippen molar-refractivity contribution in [2.75, 3.05) is 16.0 Å². The van der Waals surface area contributed by atoms with Crippen LogP contribution in [0, 0.1) is 59.3 Å². The Hall–Kier alpha value is -5.78. The summed E-state index contributed by atoms with van der Waals surface area (Å²) in [6.07, 6.45) is 5.75. The Labute approximate surface area is 411 Å². The zero-order valence-electron chi connectivity index (χ0n) is 43.8. The van der Waals surface area contributed by atoms with E-state index in [1.165, 1.54) is 0 Å². The number of amides is 2. The predicted molar refractivity (Wildman–Crippen MR) is 287 cm³/mol. The number of aryl methyl sites for hydroxylation is 5. The molecule has 368 valence electrons. The second-order valence-electron chi connectivity index (χ2n) is 21.7. The van der Waals surface area contributed by atoms with Gasteiger partial charge in [-0.15, -0.1) is 0 Å². The molecule has 1 unspecified atom stereocenters. The van der Waals surface area contributed by atoms with Crippen LogP contribution in [0.15, 0.2) is 81.0 Å². The highest BCUT2D eigenvalue weighted by atomic mass is 32.2. The molecule has 4 aromatic rings. The molecule has 2 amide bonds. The minimum Gasteiger partial charge on any atom is -0.456 e. The lowest BCUT2D eigenvalue weighted by atomic mass is 9.91. The summed E-state index contributed by atoms with van der Waals surface area (Å²) in [4.78, 5) is 31.7. The van der Waals surface area contributed by atoms with Gasteiger partial charge in [0.15, 0.2) is 0 Å². The van der Waals surface area contributed by atoms with E-state index in [1.54, 1.807) is 12.1 Å². The van der Waals surface area contributed by atoms with E-state index in [1.807, 2.05) is 112 Å². The lowest BCUT2D eigenvalue weighted by molar-refractivity contribution is -0.118. The minimum absolute atomic E-state index is 0.0374. The Morgan fingerprint density at radius 3 is 1.88 bits per heavy atom. The van der Waals surface area contributed by atoms with Gasteiger partial charge in [0.25, 0.3) is 0 Å². The molecular formula is C58H75N5O5S. The van der Waals surface area contributed by atoms with Gasteiger partial charge in [-0.3, -0.25) is 9.59 Å². The Morgan fingerprint density at radius 1 is 0.667 bits per heavy atom. The molecule has 0 saturated heterocycles. The van der Waals surface area contributed by atoms with Crippen LogP contribution < -0.4 is 26.0 Å². The van der Waals surface area contributed by atoms with Crippen molar-refractivity contribution in [2.24, 2.45) is 15.8 Å². The number of fused-ring (bicyclic) bond motifs is 2. The fourth-order valence-corrected chi connectivity index (χ4v) is 10.9. The zero-order valence-corrected chi connectivity index (χ0v) is 44.6. The van der Waals surface area contributed by atoms with Crippen molar-refractivity contribution in [1.29, 1.82) is 0 Å². The first-order chi connectivity index (χ1) is 32.3. The predicted octanol–water partition coefficient (Wildman–Crippen LogP) is 14.7. The number of anilines is 4. The van der Waals surface area contributed by atoms with Crippen molar-refractivity contribution < 1.29 is 22.4 Å². The Balaban J connectivity index is 1.55. The molecule has 4 aromatic carbocycles. The summed E-state index contributed by atoms with van der Waals surface area (Å²) in [5.41, 5.74) is 12.8. The minimum atomic E-state index is -3.97. The molecule has 2 aliphatic rings. The average molecular weight is 954 g/mol. The van der Waals surface area contributed by atoms with Crippen LogP contribution in [0.4, 0.5) is 28.4 Å². The van der Waals surface area contributed by atoms with Gasteiger partial charge in [0.05, 0.1) is 15.9 Å². The van der Waals surface area contributed by atoms with Crippen LogP contribution in [0.25, 0.3) is 33.4 Å². The van der Waals surface area contributed by atoms with Crippen LogP contribution in [0.2, 0.25) is 0 Å². The van der Waals surface area contributed by atoms with Crippen LogP contribution in [0.5, 0.6) is 0 Å². The molecule has 1 aliphatic heterocycles.